The highest BCUT2D eigenvalue weighted by atomic mass is 19.4. The zero-order chi connectivity index (χ0) is 20.9. The van der Waals surface area contributed by atoms with E-state index in [0.717, 1.165) is 11.6 Å². The summed E-state index contributed by atoms with van der Waals surface area (Å²) in [6.45, 7) is 3.77. The summed E-state index contributed by atoms with van der Waals surface area (Å²) in [6.07, 6.45) is -2.18. The van der Waals surface area contributed by atoms with Crippen molar-refractivity contribution in [1.29, 1.82) is 0 Å². The number of para-hydroxylation sites is 2. The number of benzene rings is 2. The standard InChI is InChI=1S/C22H18F3NO3/c1-2-7-15-8-3-6-11-19(15)28-14-16-12-13-20(29-16)21(27)26-18-10-5-4-9-17(18)22(23,24)25/h2-6,8-13H,1,7,14H2,(H,26,27). The van der Waals surface area contributed by atoms with Gasteiger partial charge in [-0.2, -0.15) is 13.2 Å². The number of carbonyl (C=O) groups is 1. The minimum atomic E-state index is -4.58. The van der Waals surface area contributed by atoms with Gasteiger partial charge < -0.3 is 14.5 Å². The zero-order valence-electron chi connectivity index (χ0n) is 15.3. The lowest BCUT2D eigenvalue weighted by Gasteiger charge is -2.12. The molecule has 29 heavy (non-hydrogen) atoms. The number of rotatable bonds is 7. The second-order valence-corrected chi connectivity index (χ2v) is 6.15. The van der Waals surface area contributed by atoms with Gasteiger partial charge in [0, 0.05) is 0 Å². The molecule has 0 atom stereocenters. The Morgan fingerprint density at radius 3 is 2.55 bits per heavy atom. The van der Waals surface area contributed by atoms with Crippen LogP contribution in [0.1, 0.15) is 27.4 Å². The first-order valence-electron chi connectivity index (χ1n) is 8.76. The van der Waals surface area contributed by atoms with Crippen LogP contribution in [0.4, 0.5) is 18.9 Å². The summed E-state index contributed by atoms with van der Waals surface area (Å²) in [5.41, 5.74) is -0.310. The van der Waals surface area contributed by atoms with Gasteiger partial charge in [-0.1, -0.05) is 36.4 Å². The molecule has 150 valence electrons. The van der Waals surface area contributed by atoms with Gasteiger partial charge in [-0.3, -0.25) is 4.79 Å². The third-order valence-electron chi connectivity index (χ3n) is 4.07. The molecule has 0 fully saturated rings. The highest BCUT2D eigenvalue weighted by Crippen LogP contribution is 2.34. The molecule has 7 heteroatoms. The van der Waals surface area contributed by atoms with E-state index in [1.54, 1.807) is 12.1 Å². The normalized spacial score (nSPS) is 11.1. The fourth-order valence-electron chi connectivity index (χ4n) is 2.72. The molecule has 3 rings (SSSR count). The van der Waals surface area contributed by atoms with Gasteiger partial charge >= 0.3 is 6.18 Å². The first kappa shape index (κ1) is 20.3. The van der Waals surface area contributed by atoms with E-state index >= 15 is 0 Å². The molecule has 0 saturated carbocycles. The van der Waals surface area contributed by atoms with Crippen LogP contribution in [-0.2, 0) is 19.2 Å². The van der Waals surface area contributed by atoms with Gasteiger partial charge in [0.15, 0.2) is 5.76 Å². The van der Waals surface area contributed by atoms with Gasteiger partial charge in [0.2, 0.25) is 0 Å². The van der Waals surface area contributed by atoms with E-state index in [4.69, 9.17) is 9.15 Å². The number of anilines is 1. The lowest BCUT2D eigenvalue weighted by atomic mass is 10.1. The highest BCUT2D eigenvalue weighted by Gasteiger charge is 2.33. The largest absolute Gasteiger partial charge is 0.485 e. The molecule has 0 aliphatic carbocycles. The summed E-state index contributed by atoms with van der Waals surface area (Å²) in [5, 5.41) is 2.24. The highest BCUT2D eigenvalue weighted by molar-refractivity contribution is 6.02. The fraction of sp³-hybridized carbons (Fsp3) is 0.136. The third-order valence-corrected chi connectivity index (χ3v) is 4.07. The van der Waals surface area contributed by atoms with Crippen molar-refractivity contribution >= 4 is 11.6 Å². The number of halogens is 3. The molecule has 0 unspecified atom stereocenters. The monoisotopic (exact) mass is 401 g/mol. The minimum Gasteiger partial charge on any atom is -0.485 e. The molecule has 1 amide bonds. The topological polar surface area (TPSA) is 51.5 Å². The zero-order valence-corrected chi connectivity index (χ0v) is 15.3. The third kappa shape index (κ3) is 5.07. The molecule has 2 aromatic carbocycles. The Bertz CT molecular complexity index is 1010. The average Bonchev–Trinajstić information content (AvgIpc) is 3.16. The van der Waals surface area contributed by atoms with Gasteiger partial charge in [-0.25, -0.2) is 0 Å². The molecule has 0 aliphatic rings. The van der Waals surface area contributed by atoms with Gasteiger partial charge in [0.05, 0.1) is 11.3 Å². The van der Waals surface area contributed by atoms with Crippen LogP contribution in [0.2, 0.25) is 0 Å². The Morgan fingerprint density at radius 1 is 1.07 bits per heavy atom. The Balaban J connectivity index is 1.68. The molecule has 4 nitrogen and oxygen atoms in total. The predicted octanol–water partition coefficient (Wildman–Crippen LogP) is 5.86. The number of hydrogen-bond donors (Lipinski definition) is 1. The summed E-state index contributed by atoms with van der Waals surface area (Å²) in [5.74, 6) is 0.140. The maximum atomic E-state index is 13.1. The number of ether oxygens (including phenoxy) is 1. The summed E-state index contributed by atoms with van der Waals surface area (Å²) >= 11 is 0. The average molecular weight is 401 g/mol. The molecule has 1 heterocycles. The van der Waals surface area contributed by atoms with Crippen molar-refractivity contribution < 1.29 is 27.1 Å². The first-order valence-corrected chi connectivity index (χ1v) is 8.76. The number of nitrogens with one attached hydrogen (secondary N) is 1. The van der Waals surface area contributed by atoms with Crippen molar-refractivity contribution in [3.63, 3.8) is 0 Å². The smallest absolute Gasteiger partial charge is 0.418 e. The fourth-order valence-corrected chi connectivity index (χ4v) is 2.72. The van der Waals surface area contributed by atoms with E-state index in [1.165, 1.54) is 24.3 Å². The second kappa shape index (κ2) is 8.68. The molecule has 1 N–H and O–H groups in total. The van der Waals surface area contributed by atoms with Crippen molar-refractivity contribution in [3.05, 3.63) is 96.0 Å². The Morgan fingerprint density at radius 2 is 1.79 bits per heavy atom. The van der Waals surface area contributed by atoms with Gasteiger partial charge in [0.1, 0.15) is 18.1 Å². The van der Waals surface area contributed by atoms with E-state index < -0.39 is 17.6 Å². The van der Waals surface area contributed by atoms with Crippen molar-refractivity contribution in [2.24, 2.45) is 0 Å². The van der Waals surface area contributed by atoms with Crippen LogP contribution in [-0.4, -0.2) is 5.91 Å². The molecule has 0 aliphatic heterocycles. The first-order chi connectivity index (χ1) is 13.9. The van der Waals surface area contributed by atoms with Gasteiger partial charge in [-0.05, 0) is 42.3 Å². The minimum absolute atomic E-state index is 0.0700. The molecule has 0 radical (unpaired) electrons. The molecule has 0 saturated heterocycles. The van der Waals surface area contributed by atoms with Crippen LogP contribution in [0.15, 0.2) is 77.7 Å². The van der Waals surface area contributed by atoms with E-state index in [9.17, 15) is 18.0 Å². The Hall–Kier alpha value is -3.48. The van der Waals surface area contributed by atoms with E-state index in [-0.39, 0.29) is 18.1 Å². The van der Waals surface area contributed by atoms with Crippen LogP contribution in [0.3, 0.4) is 0 Å². The predicted molar refractivity (Wildman–Crippen MR) is 103 cm³/mol. The van der Waals surface area contributed by atoms with Crippen molar-refractivity contribution in [2.75, 3.05) is 5.32 Å². The van der Waals surface area contributed by atoms with Gasteiger partial charge in [0.25, 0.3) is 5.91 Å². The van der Waals surface area contributed by atoms with Crippen LogP contribution in [0.5, 0.6) is 5.75 Å². The van der Waals surface area contributed by atoms with Crippen LogP contribution in [0.25, 0.3) is 0 Å². The van der Waals surface area contributed by atoms with Crippen LogP contribution < -0.4 is 10.1 Å². The molecule has 0 bridgehead atoms. The SMILES string of the molecule is C=CCc1ccccc1OCc1ccc(C(=O)Nc2ccccc2C(F)(F)F)o1. The number of furan rings is 1. The van der Waals surface area contributed by atoms with Crippen molar-refractivity contribution in [3.8, 4) is 5.75 Å². The Labute approximate surface area is 165 Å². The summed E-state index contributed by atoms with van der Waals surface area (Å²) < 4.78 is 50.3. The lowest BCUT2D eigenvalue weighted by Crippen LogP contribution is -2.16. The molecular weight excluding hydrogens is 383 g/mol. The van der Waals surface area contributed by atoms with Crippen molar-refractivity contribution in [1.82, 2.24) is 0 Å². The summed E-state index contributed by atoms with van der Waals surface area (Å²) in [6, 6.07) is 15.1. The molecule has 1 aromatic heterocycles. The molecule has 3 aromatic rings. The molecule has 0 spiro atoms. The molecular formula is C22H18F3NO3. The summed E-state index contributed by atoms with van der Waals surface area (Å²) in [7, 11) is 0. The lowest BCUT2D eigenvalue weighted by molar-refractivity contribution is -0.136. The summed E-state index contributed by atoms with van der Waals surface area (Å²) in [4.78, 5) is 12.3. The Kier molecular flexibility index (Phi) is 6.07. The van der Waals surface area contributed by atoms with E-state index in [2.05, 4.69) is 11.9 Å². The van der Waals surface area contributed by atoms with Crippen molar-refractivity contribution in [2.45, 2.75) is 19.2 Å². The number of hydrogen-bond acceptors (Lipinski definition) is 3. The van der Waals surface area contributed by atoms with Gasteiger partial charge in [-0.15, -0.1) is 6.58 Å². The number of alkyl halides is 3. The van der Waals surface area contributed by atoms with Crippen LogP contribution in [0, 0.1) is 0 Å². The quantitative estimate of drug-likeness (QED) is 0.505. The second-order valence-electron chi connectivity index (χ2n) is 6.15. The maximum absolute atomic E-state index is 13.1. The number of carbonyl (C=O) groups excluding carboxylic acids is 1. The van der Waals surface area contributed by atoms with E-state index in [0.29, 0.717) is 17.9 Å². The number of amides is 1. The van der Waals surface area contributed by atoms with Crippen LogP contribution >= 0.6 is 0 Å². The van der Waals surface area contributed by atoms with E-state index in [1.807, 2.05) is 24.3 Å². The maximum Gasteiger partial charge on any atom is 0.418 e. The number of allylic oxidation sites excluding steroid dienone is 1.